The molecule has 0 atom stereocenters. The van der Waals surface area contributed by atoms with E-state index in [1.807, 2.05) is 19.4 Å². The maximum atomic E-state index is 12.3. The average Bonchev–Trinajstić information content (AvgIpc) is 2.60. The fourth-order valence-corrected chi connectivity index (χ4v) is 3.03. The van der Waals surface area contributed by atoms with E-state index in [2.05, 4.69) is 5.32 Å². The molecule has 2 aromatic rings. The van der Waals surface area contributed by atoms with Crippen molar-refractivity contribution in [1.82, 2.24) is 0 Å². The van der Waals surface area contributed by atoms with Crippen LogP contribution in [0.2, 0.25) is 0 Å². The van der Waals surface area contributed by atoms with Crippen LogP contribution in [-0.4, -0.2) is 37.1 Å². The summed E-state index contributed by atoms with van der Waals surface area (Å²) >= 11 is 0. The Bertz CT molecular complexity index is 895. The van der Waals surface area contributed by atoms with Crippen molar-refractivity contribution in [2.24, 2.45) is 0 Å². The fraction of sp³-hybridized carbons (Fsp3) is 0.316. The number of halogens is 3. The predicted octanol–water partition coefficient (Wildman–Crippen LogP) is 3.81. The molecule has 0 aliphatic heterocycles. The number of nitrogens with one attached hydrogen (secondary N) is 1. The van der Waals surface area contributed by atoms with Crippen molar-refractivity contribution < 1.29 is 30.9 Å². The third-order valence-corrected chi connectivity index (χ3v) is 5.41. The van der Waals surface area contributed by atoms with Gasteiger partial charge in [0.2, 0.25) is 5.91 Å². The second-order valence-corrected chi connectivity index (χ2v) is 10.1. The van der Waals surface area contributed by atoms with Gasteiger partial charge in [-0.25, -0.2) is 8.42 Å². The number of alkyl halides is 3. The molecule has 160 valence electrons. The molecular weight excluding hydrogens is 427 g/mol. The zero-order valence-electron chi connectivity index (χ0n) is 16.1. The Hall–Kier alpha value is -2.04. The Morgan fingerprint density at radius 3 is 1.97 bits per heavy atom. The summed E-state index contributed by atoms with van der Waals surface area (Å²) in [5.41, 5.74) is 0.599. The van der Waals surface area contributed by atoms with Crippen LogP contribution in [0.5, 0.6) is 0 Å². The van der Waals surface area contributed by atoms with Gasteiger partial charge in [0.25, 0.3) is 0 Å². The third-order valence-electron chi connectivity index (χ3n) is 3.54. The Balaban J connectivity index is 0.000000326. The first kappa shape index (κ1) is 25.0. The quantitative estimate of drug-likeness (QED) is 0.556. The van der Waals surface area contributed by atoms with Crippen molar-refractivity contribution in [3.63, 3.8) is 0 Å². The minimum absolute atomic E-state index is 0.170. The van der Waals surface area contributed by atoms with Gasteiger partial charge in [-0.1, -0.05) is 17.7 Å². The van der Waals surface area contributed by atoms with Crippen molar-refractivity contribution >= 4 is 32.6 Å². The molecule has 0 saturated heterocycles. The van der Waals surface area contributed by atoms with Crippen LogP contribution in [0.25, 0.3) is 0 Å². The molecule has 0 radical (unpaired) electrons. The van der Waals surface area contributed by atoms with Gasteiger partial charge in [0, 0.05) is 5.69 Å². The molecule has 1 amide bonds. The molecule has 29 heavy (non-hydrogen) atoms. The molecule has 0 aromatic heterocycles. The van der Waals surface area contributed by atoms with Crippen molar-refractivity contribution in [3.8, 4) is 0 Å². The van der Waals surface area contributed by atoms with Gasteiger partial charge in [0.15, 0.2) is 0 Å². The van der Waals surface area contributed by atoms with E-state index >= 15 is 0 Å². The van der Waals surface area contributed by atoms with Gasteiger partial charge in [0.1, 0.15) is 15.9 Å². The van der Waals surface area contributed by atoms with Gasteiger partial charge >= 0.3 is 6.18 Å². The number of carbonyl (C=O) groups excluding carboxylic acids is 1. The van der Waals surface area contributed by atoms with Crippen LogP contribution in [0, 0.1) is 6.92 Å². The van der Waals surface area contributed by atoms with Crippen molar-refractivity contribution in [2.45, 2.75) is 24.4 Å². The lowest BCUT2D eigenvalue weighted by Gasteiger charge is -2.08. The van der Waals surface area contributed by atoms with Crippen LogP contribution in [0.1, 0.15) is 17.5 Å². The van der Waals surface area contributed by atoms with Gasteiger partial charge < -0.3 is 9.87 Å². The summed E-state index contributed by atoms with van der Waals surface area (Å²) in [5, 5.41) is 2.57. The first-order valence-corrected chi connectivity index (χ1v) is 11.9. The molecule has 0 unspecified atom stereocenters. The second-order valence-electron chi connectivity index (χ2n) is 6.33. The van der Waals surface area contributed by atoms with Gasteiger partial charge in [-0.05, 0) is 54.2 Å². The highest BCUT2D eigenvalue weighted by molar-refractivity contribution is 7.95. The Labute approximate surface area is 171 Å². The predicted molar refractivity (Wildman–Crippen MR) is 108 cm³/mol. The van der Waals surface area contributed by atoms with Gasteiger partial charge in [-0.2, -0.15) is 13.2 Å². The number of carbonyl (C=O) groups is 1. The largest absolute Gasteiger partial charge is 0.744 e. The van der Waals surface area contributed by atoms with Crippen LogP contribution in [0.15, 0.2) is 53.4 Å². The SMILES string of the molecule is C[S+](C)CCC(=O)Nc1ccc(C(F)(F)F)cc1.Cc1ccc(S(=O)(=O)[O-])cc1. The molecule has 2 aromatic carbocycles. The molecule has 0 aliphatic carbocycles. The summed E-state index contributed by atoms with van der Waals surface area (Å²) in [7, 11) is -4.09. The molecule has 0 aliphatic rings. The smallest absolute Gasteiger partial charge is 0.416 e. The highest BCUT2D eigenvalue weighted by Gasteiger charge is 2.29. The molecule has 0 fully saturated rings. The Morgan fingerprint density at radius 2 is 1.55 bits per heavy atom. The van der Waals surface area contributed by atoms with E-state index in [-0.39, 0.29) is 21.7 Å². The molecule has 0 bridgehead atoms. The fourth-order valence-electron chi connectivity index (χ4n) is 1.97. The number of benzene rings is 2. The van der Waals surface area contributed by atoms with Gasteiger partial charge in [-0.15, -0.1) is 0 Å². The van der Waals surface area contributed by atoms with Gasteiger partial charge in [0.05, 0.1) is 29.4 Å². The van der Waals surface area contributed by atoms with Gasteiger partial charge in [-0.3, -0.25) is 4.79 Å². The Morgan fingerprint density at radius 1 is 1.03 bits per heavy atom. The molecule has 5 nitrogen and oxygen atoms in total. The molecule has 2 rings (SSSR count). The minimum atomic E-state index is -4.35. The standard InChI is InChI=1S/C12H14F3NOS.C7H8O3S/c1-18(2)8-7-11(17)16-10-5-3-9(4-6-10)12(13,14)15;1-6-2-4-7(5-3-6)11(8,9)10/h3-6H,7-8H2,1-2H3;2-5H,1H3,(H,8,9,10). The summed E-state index contributed by atoms with van der Waals surface area (Å²) in [6.07, 6.45) is 0.106. The molecule has 0 saturated carbocycles. The van der Waals surface area contributed by atoms with Crippen molar-refractivity contribution in [1.29, 1.82) is 0 Å². The lowest BCUT2D eigenvalue weighted by Crippen LogP contribution is -2.16. The number of hydrogen-bond donors (Lipinski definition) is 1. The van der Waals surface area contributed by atoms with E-state index in [4.69, 9.17) is 0 Å². The number of rotatable bonds is 5. The lowest BCUT2D eigenvalue weighted by molar-refractivity contribution is -0.137. The highest BCUT2D eigenvalue weighted by Crippen LogP contribution is 2.29. The van der Waals surface area contributed by atoms with E-state index in [9.17, 15) is 30.9 Å². The van der Waals surface area contributed by atoms with E-state index in [0.717, 1.165) is 23.4 Å². The first-order valence-electron chi connectivity index (χ1n) is 8.33. The number of hydrogen-bond acceptors (Lipinski definition) is 4. The summed E-state index contributed by atoms with van der Waals surface area (Å²) < 4.78 is 68.1. The van der Waals surface area contributed by atoms with E-state index in [0.29, 0.717) is 12.1 Å². The lowest BCUT2D eigenvalue weighted by atomic mass is 10.2. The number of amides is 1. The molecule has 1 N–H and O–H groups in total. The average molecular weight is 450 g/mol. The summed E-state index contributed by atoms with van der Waals surface area (Å²) in [6.45, 7) is 1.82. The topological polar surface area (TPSA) is 86.3 Å². The normalized spacial score (nSPS) is 11.6. The monoisotopic (exact) mass is 449 g/mol. The van der Waals surface area contributed by atoms with Crippen molar-refractivity contribution in [3.05, 3.63) is 59.7 Å². The van der Waals surface area contributed by atoms with E-state index in [1.165, 1.54) is 24.3 Å². The van der Waals surface area contributed by atoms with Crippen molar-refractivity contribution in [2.75, 3.05) is 23.6 Å². The second kappa shape index (κ2) is 10.7. The van der Waals surface area contributed by atoms with E-state index in [1.54, 1.807) is 12.1 Å². The minimum Gasteiger partial charge on any atom is -0.744 e. The van der Waals surface area contributed by atoms with E-state index < -0.39 is 21.9 Å². The summed E-state index contributed by atoms with van der Waals surface area (Å²) in [4.78, 5) is 11.3. The summed E-state index contributed by atoms with van der Waals surface area (Å²) in [6, 6.07) is 10.2. The molecule has 0 heterocycles. The molecule has 0 spiro atoms. The Kier molecular flexibility index (Phi) is 9.18. The molecular formula is C19H22F3NO4S2. The zero-order valence-corrected chi connectivity index (χ0v) is 17.7. The van der Waals surface area contributed by atoms with Crippen LogP contribution in [0.3, 0.4) is 0 Å². The molecule has 10 heteroatoms. The van der Waals surface area contributed by atoms with Crippen LogP contribution >= 0.6 is 0 Å². The number of aryl methyl sites for hydroxylation is 1. The van der Waals surface area contributed by atoms with Crippen LogP contribution < -0.4 is 5.32 Å². The highest BCUT2D eigenvalue weighted by atomic mass is 32.2. The maximum absolute atomic E-state index is 12.3. The maximum Gasteiger partial charge on any atom is 0.416 e. The third kappa shape index (κ3) is 9.82. The summed E-state index contributed by atoms with van der Waals surface area (Å²) in [5.74, 6) is 0.614. The first-order chi connectivity index (χ1) is 13.3. The zero-order chi connectivity index (χ0) is 22.2. The van der Waals surface area contributed by atoms with Crippen LogP contribution in [-0.2, 0) is 32.0 Å². The number of anilines is 1. The van der Waals surface area contributed by atoms with Crippen LogP contribution in [0.4, 0.5) is 18.9 Å².